The van der Waals surface area contributed by atoms with Crippen molar-refractivity contribution in [3.05, 3.63) is 64.5 Å². The first kappa shape index (κ1) is 16.8. The minimum absolute atomic E-state index is 0.00479. The Balaban J connectivity index is 1.86. The minimum atomic E-state index is -0.704. The number of anilines is 3. The van der Waals surface area contributed by atoms with Crippen LogP contribution in [0.4, 0.5) is 25.4 Å². The smallest absolute Gasteiger partial charge is 0.209 e. The van der Waals surface area contributed by atoms with Crippen LogP contribution in [-0.2, 0) is 0 Å². The highest BCUT2D eigenvalue weighted by Crippen LogP contribution is 2.30. The van der Waals surface area contributed by atoms with Crippen LogP contribution in [0.15, 0.2) is 42.5 Å². The van der Waals surface area contributed by atoms with Gasteiger partial charge in [-0.1, -0.05) is 11.3 Å². The van der Waals surface area contributed by atoms with Gasteiger partial charge in [0.25, 0.3) is 0 Å². The molecule has 0 amide bonds. The van der Waals surface area contributed by atoms with Gasteiger partial charge in [0.2, 0.25) is 5.78 Å². The number of hydrogen-bond donors (Lipinski definition) is 2. The second kappa shape index (κ2) is 6.86. The van der Waals surface area contributed by atoms with Crippen LogP contribution in [0.2, 0.25) is 0 Å². The van der Waals surface area contributed by atoms with E-state index in [0.717, 1.165) is 17.4 Å². The molecule has 3 rings (SSSR count). The molecule has 0 radical (unpaired) electrons. The highest BCUT2D eigenvalue weighted by Gasteiger charge is 2.21. The summed E-state index contributed by atoms with van der Waals surface area (Å²) in [5, 5.41) is 3.27. The van der Waals surface area contributed by atoms with Crippen LogP contribution in [0, 0.1) is 11.6 Å². The lowest BCUT2D eigenvalue weighted by molar-refractivity contribution is 0.103. The fourth-order valence-electron chi connectivity index (χ4n) is 2.13. The number of benzene rings is 2. The SMILES string of the molecule is COc1ccc(C(=O)c2sc(Nc3ccc(F)cc3)nc2N)c(F)c1. The Morgan fingerprint density at radius 1 is 1.20 bits per heavy atom. The third-order valence-electron chi connectivity index (χ3n) is 3.38. The largest absolute Gasteiger partial charge is 0.497 e. The first-order chi connectivity index (χ1) is 12.0. The number of nitrogen functional groups attached to an aromatic ring is 1. The van der Waals surface area contributed by atoms with E-state index in [4.69, 9.17) is 10.5 Å². The number of nitrogens with two attached hydrogens (primary N) is 1. The first-order valence-electron chi connectivity index (χ1n) is 7.15. The number of thiazole rings is 1. The average molecular weight is 361 g/mol. The number of carbonyl (C=O) groups excluding carboxylic acids is 1. The lowest BCUT2D eigenvalue weighted by Gasteiger charge is -2.04. The van der Waals surface area contributed by atoms with E-state index in [0.29, 0.717) is 16.6 Å². The number of ether oxygens (including phenoxy) is 1. The molecular weight excluding hydrogens is 348 g/mol. The Morgan fingerprint density at radius 2 is 1.92 bits per heavy atom. The van der Waals surface area contributed by atoms with Crippen LogP contribution < -0.4 is 15.8 Å². The Bertz CT molecular complexity index is 926. The topological polar surface area (TPSA) is 77.2 Å². The summed E-state index contributed by atoms with van der Waals surface area (Å²) in [4.78, 5) is 16.7. The molecule has 1 heterocycles. The molecule has 0 aliphatic heterocycles. The normalized spacial score (nSPS) is 10.5. The molecule has 2 aromatic carbocycles. The minimum Gasteiger partial charge on any atom is -0.497 e. The highest BCUT2D eigenvalue weighted by atomic mass is 32.1. The van der Waals surface area contributed by atoms with Crippen molar-refractivity contribution < 1.29 is 18.3 Å². The summed E-state index contributed by atoms with van der Waals surface area (Å²) in [5.74, 6) is -1.33. The first-order valence-corrected chi connectivity index (χ1v) is 7.96. The standard InChI is InChI=1S/C17H13F2N3O2S/c1-24-11-6-7-12(13(19)8-11)14(23)15-16(20)22-17(25-15)21-10-4-2-9(18)3-5-10/h2-8H,20H2,1H3,(H,21,22). The summed E-state index contributed by atoms with van der Waals surface area (Å²) >= 11 is 0.992. The molecule has 8 heteroatoms. The molecule has 0 saturated carbocycles. The summed E-state index contributed by atoms with van der Waals surface area (Å²) in [7, 11) is 1.41. The van der Waals surface area contributed by atoms with Gasteiger partial charge in [-0.15, -0.1) is 0 Å². The molecule has 0 aliphatic carbocycles. The van der Waals surface area contributed by atoms with Crippen LogP contribution in [-0.4, -0.2) is 17.9 Å². The molecule has 1 aromatic heterocycles. The maximum absolute atomic E-state index is 14.1. The van der Waals surface area contributed by atoms with E-state index >= 15 is 0 Å². The molecule has 0 spiro atoms. The zero-order valence-electron chi connectivity index (χ0n) is 13.0. The number of ketones is 1. The quantitative estimate of drug-likeness (QED) is 0.672. The zero-order chi connectivity index (χ0) is 18.0. The third-order valence-corrected chi connectivity index (χ3v) is 4.36. The molecule has 25 heavy (non-hydrogen) atoms. The number of aromatic nitrogens is 1. The molecule has 0 bridgehead atoms. The Kier molecular flexibility index (Phi) is 4.62. The van der Waals surface area contributed by atoms with E-state index in [-0.39, 0.29) is 22.1 Å². The third kappa shape index (κ3) is 3.58. The fraction of sp³-hybridized carbons (Fsp3) is 0.0588. The number of halogens is 2. The number of nitrogens with zero attached hydrogens (tertiary/aromatic N) is 1. The lowest BCUT2D eigenvalue weighted by atomic mass is 10.1. The maximum Gasteiger partial charge on any atom is 0.209 e. The summed E-state index contributed by atoms with van der Waals surface area (Å²) in [5.41, 5.74) is 6.26. The molecule has 0 unspecified atom stereocenters. The summed E-state index contributed by atoms with van der Waals surface area (Å²) in [6, 6.07) is 9.58. The fourth-order valence-corrected chi connectivity index (χ4v) is 2.99. The van der Waals surface area contributed by atoms with E-state index in [9.17, 15) is 13.6 Å². The second-order valence-corrected chi connectivity index (χ2v) is 6.04. The van der Waals surface area contributed by atoms with Crippen LogP contribution in [0.5, 0.6) is 5.75 Å². The Labute approximate surface area is 146 Å². The van der Waals surface area contributed by atoms with E-state index in [1.54, 1.807) is 0 Å². The van der Waals surface area contributed by atoms with Crippen molar-refractivity contribution in [1.82, 2.24) is 4.98 Å². The van der Waals surface area contributed by atoms with Gasteiger partial charge in [0.1, 0.15) is 28.1 Å². The van der Waals surface area contributed by atoms with Crippen molar-refractivity contribution in [2.24, 2.45) is 0 Å². The van der Waals surface area contributed by atoms with Crippen LogP contribution in [0.1, 0.15) is 15.2 Å². The van der Waals surface area contributed by atoms with Crippen LogP contribution in [0.3, 0.4) is 0 Å². The molecule has 3 N–H and O–H groups in total. The van der Waals surface area contributed by atoms with Gasteiger partial charge in [-0.05, 0) is 36.4 Å². The predicted octanol–water partition coefficient (Wildman–Crippen LogP) is 3.99. The van der Waals surface area contributed by atoms with Gasteiger partial charge in [0.05, 0.1) is 12.7 Å². The van der Waals surface area contributed by atoms with Crippen molar-refractivity contribution in [3.8, 4) is 5.75 Å². The van der Waals surface area contributed by atoms with E-state index in [1.165, 1.54) is 43.5 Å². The Morgan fingerprint density at radius 3 is 2.56 bits per heavy atom. The van der Waals surface area contributed by atoms with Crippen molar-refractivity contribution in [2.75, 3.05) is 18.2 Å². The number of nitrogens with one attached hydrogen (secondary N) is 1. The summed E-state index contributed by atoms with van der Waals surface area (Å²) in [6.07, 6.45) is 0. The van der Waals surface area contributed by atoms with Crippen molar-refractivity contribution in [3.63, 3.8) is 0 Å². The molecule has 0 aliphatic rings. The molecule has 0 atom stereocenters. The van der Waals surface area contributed by atoms with Gasteiger partial charge in [0, 0.05) is 11.8 Å². The number of hydrogen-bond acceptors (Lipinski definition) is 6. The van der Waals surface area contributed by atoms with Gasteiger partial charge in [-0.3, -0.25) is 4.79 Å². The molecule has 0 saturated heterocycles. The monoisotopic (exact) mass is 361 g/mol. The van der Waals surface area contributed by atoms with Gasteiger partial charge < -0.3 is 15.8 Å². The maximum atomic E-state index is 14.1. The Hall–Kier alpha value is -3.00. The lowest BCUT2D eigenvalue weighted by Crippen LogP contribution is -2.05. The molecule has 3 aromatic rings. The highest BCUT2D eigenvalue weighted by molar-refractivity contribution is 7.18. The van der Waals surface area contributed by atoms with E-state index in [1.807, 2.05) is 0 Å². The molecule has 0 fully saturated rings. The van der Waals surface area contributed by atoms with Crippen molar-refractivity contribution in [1.29, 1.82) is 0 Å². The average Bonchev–Trinajstić information content (AvgIpc) is 2.96. The van der Waals surface area contributed by atoms with Gasteiger partial charge in [-0.25, -0.2) is 13.8 Å². The van der Waals surface area contributed by atoms with Crippen LogP contribution >= 0.6 is 11.3 Å². The van der Waals surface area contributed by atoms with Crippen molar-refractivity contribution >= 4 is 33.8 Å². The number of rotatable bonds is 5. The van der Waals surface area contributed by atoms with Gasteiger partial charge in [0.15, 0.2) is 5.13 Å². The van der Waals surface area contributed by atoms with Crippen molar-refractivity contribution in [2.45, 2.75) is 0 Å². The number of methoxy groups -OCH3 is 1. The van der Waals surface area contributed by atoms with Crippen LogP contribution in [0.25, 0.3) is 0 Å². The number of carbonyl (C=O) groups is 1. The summed E-state index contributed by atoms with van der Waals surface area (Å²) < 4.78 is 31.9. The molecular formula is C17H13F2N3O2S. The molecule has 5 nitrogen and oxygen atoms in total. The zero-order valence-corrected chi connectivity index (χ0v) is 13.9. The predicted molar refractivity (Wildman–Crippen MR) is 92.6 cm³/mol. The van der Waals surface area contributed by atoms with E-state index in [2.05, 4.69) is 10.3 Å². The summed E-state index contributed by atoms with van der Waals surface area (Å²) in [6.45, 7) is 0. The van der Waals surface area contributed by atoms with Gasteiger partial charge >= 0.3 is 0 Å². The van der Waals surface area contributed by atoms with Gasteiger partial charge in [-0.2, -0.15) is 0 Å². The van der Waals surface area contributed by atoms with E-state index < -0.39 is 11.6 Å². The molecule has 128 valence electrons. The second-order valence-electron chi connectivity index (χ2n) is 5.04.